The highest BCUT2D eigenvalue weighted by molar-refractivity contribution is 6.02. The summed E-state index contributed by atoms with van der Waals surface area (Å²) in [5.74, 6) is -1.65. The standard InChI is InChI=1S/2C23H26F3N3O4.C8H6F3N/c2*1-13(2)20(19-9-14(3)27-32-19)21(31)29-12-16(30)10-18(29)17-11-22(33-28-17,23(24,25)26)15-7-5-4-6-8-15;9-8(10,11)7(12)6-4-2-1-3-5-6/h2*4-9,13,16,18,20,30H,10-12H2,1-3H3;1-5,12H/t16-,18+,20+,22?;16-,18+,20-,22?;/m11./s1. The van der Waals surface area contributed by atoms with Gasteiger partial charge in [-0.15, -0.1) is 0 Å². The number of carbonyl (C=O) groups excluding carboxylic acids is 2. The number of oxime groups is 2. The fraction of sp³-hybridized carbons (Fsp3) is 0.463. The van der Waals surface area contributed by atoms with Gasteiger partial charge in [-0.3, -0.25) is 15.0 Å². The summed E-state index contributed by atoms with van der Waals surface area (Å²) in [7, 11) is 0. The van der Waals surface area contributed by atoms with Crippen molar-refractivity contribution in [3.05, 3.63) is 143 Å². The van der Waals surface area contributed by atoms with E-state index in [4.69, 9.17) is 24.1 Å². The highest BCUT2D eigenvalue weighted by Crippen LogP contribution is 2.51. The molecular formula is C54H58F9N7O8. The number of hydrogen-bond donors (Lipinski definition) is 3. The van der Waals surface area contributed by atoms with Gasteiger partial charge in [0.25, 0.3) is 11.2 Å². The van der Waals surface area contributed by atoms with Crippen molar-refractivity contribution in [2.75, 3.05) is 13.1 Å². The summed E-state index contributed by atoms with van der Waals surface area (Å²) in [4.78, 5) is 40.1. The van der Waals surface area contributed by atoms with E-state index in [9.17, 15) is 59.3 Å². The molecule has 24 heteroatoms. The molecule has 5 aromatic rings. The number of nitrogens with zero attached hydrogens (tertiary/aromatic N) is 6. The van der Waals surface area contributed by atoms with Gasteiger partial charge >= 0.3 is 18.5 Å². The maximum absolute atomic E-state index is 14.2. The van der Waals surface area contributed by atoms with E-state index in [-0.39, 0.29) is 77.7 Å². The Kier molecular flexibility index (Phi) is 17.4. The van der Waals surface area contributed by atoms with Crippen LogP contribution in [0.25, 0.3) is 0 Å². The fourth-order valence-corrected chi connectivity index (χ4v) is 10.0. The Morgan fingerprint density at radius 3 is 1.24 bits per heavy atom. The molecule has 2 fully saturated rings. The first kappa shape index (κ1) is 58.6. The number of β-amino-alcohol motifs (C(OH)–C–C–N with tert-alkyl or cyclic N) is 2. The molecule has 3 aromatic carbocycles. The van der Waals surface area contributed by atoms with Crippen LogP contribution in [0.4, 0.5) is 39.5 Å². The second kappa shape index (κ2) is 23.1. The van der Waals surface area contributed by atoms with Crippen LogP contribution < -0.4 is 0 Å². The van der Waals surface area contributed by atoms with E-state index in [2.05, 4.69) is 20.6 Å². The number of likely N-dealkylation sites (tertiary alicyclic amines) is 2. The summed E-state index contributed by atoms with van der Waals surface area (Å²) in [6.45, 7) is 10.9. The lowest BCUT2D eigenvalue weighted by molar-refractivity contribution is -0.276. The van der Waals surface area contributed by atoms with E-state index in [1.54, 1.807) is 44.2 Å². The van der Waals surface area contributed by atoms with Crippen LogP contribution in [-0.2, 0) is 30.5 Å². The Hall–Kier alpha value is -7.08. The number of nitrogens with one attached hydrogen (secondary N) is 1. The zero-order chi connectivity index (χ0) is 57.1. The van der Waals surface area contributed by atoms with Crippen molar-refractivity contribution in [1.29, 1.82) is 5.41 Å². The largest absolute Gasteiger partial charge is 0.435 e. The van der Waals surface area contributed by atoms with Gasteiger partial charge < -0.3 is 38.7 Å². The first-order valence-electron chi connectivity index (χ1n) is 24.9. The summed E-state index contributed by atoms with van der Waals surface area (Å²) in [6.07, 6.45) is -16.8. The number of alkyl halides is 9. The monoisotopic (exact) mass is 1100 g/mol. The molecule has 2 amide bonds. The maximum atomic E-state index is 14.2. The van der Waals surface area contributed by atoms with Gasteiger partial charge in [-0.05, 0) is 25.7 Å². The van der Waals surface area contributed by atoms with Gasteiger partial charge in [-0.1, -0.05) is 139 Å². The molecule has 9 rings (SSSR count). The molecule has 0 spiro atoms. The van der Waals surface area contributed by atoms with E-state index in [1.165, 1.54) is 82.6 Å². The van der Waals surface area contributed by atoms with E-state index < -0.39 is 84.4 Å². The predicted molar refractivity (Wildman–Crippen MR) is 264 cm³/mol. The molecule has 4 aliphatic heterocycles. The molecule has 0 saturated carbocycles. The Morgan fingerprint density at radius 1 is 0.603 bits per heavy atom. The van der Waals surface area contributed by atoms with Crippen LogP contribution in [-0.4, -0.2) is 115 Å². The van der Waals surface area contributed by atoms with E-state index in [0.717, 1.165) is 0 Å². The second-order valence-electron chi connectivity index (χ2n) is 20.3. The third kappa shape index (κ3) is 12.3. The van der Waals surface area contributed by atoms with Crippen molar-refractivity contribution in [1.82, 2.24) is 20.1 Å². The van der Waals surface area contributed by atoms with Crippen LogP contribution in [0.1, 0.15) is 105 Å². The number of aliphatic hydroxyl groups excluding tert-OH is 2. The summed E-state index contributed by atoms with van der Waals surface area (Å²) in [5.41, 5.74) is -5.41. The molecule has 420 valence electrons. The molecular weight excluding hydrogens is 1050 g/mol. The van der Waals surface area contributed by atoms with Gasteiger partial charge in [-0.25, -0.2) is 0 Å². The topological polar surface area (TPSA) is 200 Å². The molecule has 6 heterocycles. The van der Waals surface area contributed by atoms with E-state index in [0.29, 0.717) is 22.9 Å². The first-order chi connectivity index (χ1) is 36.6. The number of amides is 2. The molecule has 0 bridgehead atoms. The smallest absolute Gasteiger partial charge is 0.391 e. The van der Waals surface area contributed by atoms with Crippen LogP contribution in [0.3, 0.4) is 0 Å². The van der Waals surface area contributed by atoms with Crippen LogP contribution in [0.15, 0.2) is 122 Å². The Balaban J connectivity index is 0.000000187. The minimum atomic E-state index is -4.73. The zero-order valence-corrected chi connectivity index (χ0v) is 43.1. The molecule has 2 aromatic heterocycles. The third-order valence-electron chi connectivity index (χ3n) is 13.9. The zero-order valence-electron chi connectivity index (χ0n) is 43.1. The third-order valence-corrected chi connectivity index (χ3v) is 13.9. The number of rotatable bonds is 11. The number of aryl methyl sites for hydroxylation is 2. The first-order valence-corrected chi connectivity index (χ1v) is 24.9. The maximum Gasteiger partial charge on any atom is 0.435 e. The quantitative estimate of drug-likeness (QED) is 0.0844. The van der Waals surface area contributed by atoms with Crippen molar-refractivity contribution in [3.8, 4) is 0 Å². The van der Waals surface area contributed by atoms with Gasteiger partial charge in [0.05, 0.1) is 47.1 Å². The Labute approximate surface area is 442 Å². The van der Waals surface area contributed by atoms with Crippen LogP contribution in [0.2, 0.25) is 0 Å². The molecule has 78 heavy (non-hydrogen) atoms. The number of benzene rings is 3. The molecule has 2 saturated heterocycles. The number of halogens is 9. The molecule has 15 nitrogen and oxygen atoms in total. The second-order valence-corrected chi connectivity index (χ2v) is 20.3. The van der Waals surface area contributed by atoms with Gasteiger partial charge in [0.1, 0.15) is 29.1 Å². The molecule has 3 N–H and O–H groups in total. The predicted octanol–water partition coefficient (Wildman–Crippen LogP) is 10.5. The number of aliphatic hydroxyl groups is 2. The molecule has 8 atom stereocenters. The average Bonchev–Trinajstić information content (AvgIpc) is 4.27. The minimum absolute atomic E-state index is 0.0107. The number of hydrogen-bond acceptors (Lipinski definition) is 13. The highest BCUT2D eigenvalue weighted by Gasteiger charge is 2.65. The Bertz CT molecular complexity index is 2770. The van der Waals surface area contributed by atoms with Crippen molar-refractivity contribution < 1.29 is 78.0 Å². The summed E-state index contributed by atoms with van der Waals surface area (Å²) < 4.78 is 132. The van der Waals surface area contributed by atoms with Gasteiger partial charge in [0.15, 0.2) is 0 Å². The molecule has 2 unspecified atom stereocenters. The van der Waals surface area contributed by atoms with Gasteiger partial charge in [-0.2, -0.15) is 39.5 Å². The van der Waals surface area contributed by atoms with E-state index in [1.807, 2.05) is 27.7 Å². The summed E-state index contributed by atoms with van der Waals surface area (Å²) >= 11 is 0. The van der Waals surface area contributed by atoms with Gasteiger partial charge in [0.2, 0.25) is 11.8 Å². The minimum Gasteiger partial charge on any atom is -0.391 e. The van der Waals surface area contributed by atoms with E-state index >= 15 is 0 Å². The summed E-state index contributed by atoms with van der Waals surface area (Å²) in [5, 5.41) is 42.8. The van der Waals surface area contributed by atoms with Crippen molar-refractivity contribution >= 4 is 28.9 Å². The normalized spacial score (nSPS) is 24.1. The number of carbonyl (C=O) groups is 2. The Morgan fingerprint density at radius 2 is 0.949 bits per heavy atom. The molecule has 4 aliphatic rings. The van der Waals surface area contributed by atoms with Crippen molar-refractivity contribution in [3.63, 3.8) is 0 Å². The van der Waals surface area contributed by atoms with Crippen molar-refractivity contribution in [2.24, 2.45) is 22.1 Å². The van der Waals surface area contributed by atoms with Crippen LogP contribution in [0, 0.1) is 31.1 Å². The average molecular weight is 1100 g/mol. The number of aromatic nitrogens is 2. The fourth-order valence-electron chi connectivity index (χ4n) is 10.0. The van der Waals surface area contributed by atoms with Crippen LogP contribution >= 0.6 is 0 Å². The lowest BCUT2D eigenvalue weighted by Crippen LogP contribution is -2.47. The highest BCUT2D eigenvalue weighted by atomic mass is 19.4. The molecule has 0 aliphatic carbocycles. The van der Waals surface area contributed by atoms with Gasteiger partial charge in [0, 0.05) is 67.6 Å². The molecule has 0 radical (unpaired) electrons. The SMILES string of the molecule is Cc1cc([C@@H](C(=O)N2C[C@H](O)C[C@H]2C2=NOC(c3ccccc3)(C(F)(F)F)C2)C(C)C)on1.Cc1cc([C@H](C(=O)N2C[C@H](O)C[C@H]2C2=NOC(c3ccccc3)(C(F)(F)F)C2)C(C)C)on1.N=C(c1ccccc1)C(F)(F)F. The summed E-state index contributed by atoms with van der Waals surface area (Å²) in [6, 6.07) is 23.4. The lowest BCUT2D eigenvalue weighted by atomic mass is 9.85. The lowest BCUT2D eigenvalue weighted by Gasteiger charge is -2.31. The van der Waals surface area contributed by atoms with Crippen molar-refractivity contribution in [2.45, 2.75) is 133 Å². The van der Waals surface area contributed by atoms with Crippen LogP contribution in [0.5, 0.6) is 0 Å².